The van der Waals surface area contributed by atoms with Crippen LogP contribution in [0.15, 0.2) is 18.2 Å². The van der Waals surface area contributed by atoms with Crippen LogP contribution in [0, 0.1) is 10.1 Å². The van der Waals surface area contributed by atoms with Crippen LogP contribution in [0.3, 0.4) is 0 Å². The van der Waals surface area contributed by atoms with Crippen molar-refractivity contribution in [3.05, 3.63) is 28.3 Å². The lowest BCUT2D eigenvalue weighted by Gasteiger charge is -2.40. The second-order valence-electron chi connectivity index (χ2n) is 6.63. The molecule has 2 heterocycles. The number of carbonyl (C=O) groups excluding carboxylic acids is 1. The van der Waals surface area contributed by atoms with Crippen molar-refractivity contribution in [3.8, 4) is 5.75 Å². The van der Waals surface area contributed by atoms with Gasteiger partial charge >= 0.3 is 6.09 Å². The number of methoxy groups -OCH3 is 1. The number of nitro groups is 1. The number of ether oxygens (including phenoxy) is 3. The van der Waals surface area contributed by atoms with E-state index >= 15 is 0 Å². The summed E-state index contributed by atoms with van der Waals surface area (Å²) in [7, 11) is 1.57. The Labute approximate surface area is 157 Å². The topological polar surface area (TPSA) is 94.4 Å². The first-order chi connectivity index (χ1) is 13.1. The second kappa shape index (κ2) is 8.90. The van der Waals surface area contributed by atoms with Gasteiger partial charge in [-0.1, -0.05) is 0 Å². The Morgan fingerprint density at radius 1 is 1.26 bits per heavy atom. The summed E-state index contributed by atoms with van der Waals surface area (Å²) in [5.41, 5.74) is 0.611. The van der Waals surface area contributed by atoms with Gasteiger partial charge in [0, 0.05) is 32.8 Å². The van der Waals surface area contributed by atoms with Gasteiger partial charge < -0.3 is 24.0 Å². The fraction of sp³-hybridized carbons (Fsp3) is 0.611. The Morgan fingerprint density at radius 2 is 2.04 bits per heavy atom. The van der Waals surface area contributed by atoms with Crippen molar-refractivity contribution >= 4 is 17.5 Å². The molecule has 27 heavy (non-hydrogen) atoms. The van der Waals surface area contributed by atoms with Crippen LogP contribution in [-0.2, 0) is 9.47 Å². The summed E-state index contributed by atoms with van der Waals surface area (Å²) in [5.74, 6) is 0.452. The van der Waals surface area contributed by atoms with Crippen LogP contribution >= 0.6 is 0 Å². The van der Waals surface area contributed by atoms with E-state index in [0.29, 0.717) is 44.3 Å². The molecule has 0 radical (unpaired) electrons. The van der Waals surface area contributed by atoms with Gasteiger partial charge in [0.25, 0.3) is 5.69 Å². The molecule has 1 aromatic rings. The third kappa shape index (κ3) is 4.60. The van der Waals surface area contributed by atoms with Crippen molar-refractivity contribution in [1.29, 1.82) is 0 Å². The quantitative estimate of drug-likeness (QED) is 0.408. The van der Waals surface area contributed by atoms with Gasteiger partial charge in [-0.15, -0.1) is 0 Å². The molecule has 0 bridgehead atoms. The molecule has 2 aliphatic heterocycles. The maximum Gasteiger partial charge on any atom is 0.410 e. The summed E-state index contributed by atoms with van der Waals surface area (Å²) in [6.45, 7) is 3.26. The Balaban J connectivity index is 1.66. The van der Waals surface area contributed by atoms with Crippen molar-refractivity contribution in [3.63, 3.8) is 0 Å². The molecule has 0 saturated carbocycles. The number of amides is 1. The first kappa shape index (κ1) is 19.2. The smallest absolute Gasteiger partial charge is 0.410 e. The van der Waals surface area contributed by atoms with Gasteiger partial charge in [0.05, 0.1) is 24.2 Å². The molecule has 2 fully saturated rings. The summed E-state index contributed by atoms with van der Waals surface area (Å²) in [6, 6.07) is 5.06. The molecule has 0 spiro atoms. The minimum absolute atomic E-state index is 0.0285. The maximum absolute atomic E-state index is 11.9. The first-order valence-electron chi connectivity index (χ1n) is 9.18. The number of nitro benzene ring substituents is 1. The molecular formula is C18H25N3O6. The third-order valence-electron chi connectivity index (χ3n) is 4.95. The van der Waals surface area contributed by atoms with Crippen LogP contribution < -0.4 is 9.64 Å². The average molecular weight is 379 g/mol. The number of rotatable bonds is 7. The summed E-state index contributed by atoms with van der Waals surface area (Å²) in [6.07, 6.45) is 2.13. The SMILES string of the molecule is COCCOc1ccc(N2CCC(N3CCCOC3=O)CC2)c([N+](=O)[O-])c1. The number of hydrogen-bond donors (Lipinski definition) is 0. The van der Waals surface area contributed by atoms with Crippen molar-refractivity contribution < 1.29 is 23.9 Å². The highest BCUT2D eigenvalue weighted by Crippen LogP contribution is 2.34. The van der Waals surface area contributed by atoms with E-state index in [4.69, 9.17) is 14.2 Å². The molecule has 1 amide bonds. The number of hydrogen-bond acceptors (Lipinski definition) is 7. The largest absolute Gasteiger partial charge is 0.491 e. The van der Waals surface area contributed by atoms with Gasteiger partial charge in [-0.2, -0.15) is 0 Å². The first-order valence-corrected chi connectivity index (χ1v) is 9.18. The lowest BCUT2D eigenvalue weighted by Crippen LogP contribution is -2.50. The van der Waals surface area contributed by atoms with E-state index < -0.39 is 0 Å². The summed E-state index contributed by atoms with van der Waals surface area (Å²) in [5, 5.41) is 11.5. The minimum atomic E-state index is -0.382. The molecular weight excluding hydrogens is 354 g/mol. The highest BCUT2D eigenvalue weighted by molar-refractivity contribution is 5.69. The fourth-order valence-corrected chi connectivity index (χ4v) is 3.57. The molecule has 9 heteroatoms. The predicted octanol–water partition coefficient (Wildman–Crippen LogP) is 2.43. The molecule has 2 aliphatic rings. The average Bonchev–Trinajstić information content (AvgIpc) is 2.69. The molecule has 0 atom stereocenters. The zero-order chi connectivity index (χ0) is 19.2. The third-order valence-corrected chi connectivity index (χ3v) is 4.95. The summed E-state index contributed by atoms with van der Waals surface area (Å²) >= 11 is 0. The van der Waals surface area contributed by atoms with E-state index in [1.54, 1.807) is 24.1 Å². The standard InChI is InChI=1S/C18H25N3O6/c1-25-11-12-26-15-3-4-16(17(13-15)21(23)24)19-8-5-14(6-9-19)20-7-2-10-27-18(20)22/h3-4,13-14H,2,5-12H2,1H3. The molecule has 148 valence electrons. The van der Waals surface area contributed by atoms with Crippen molar-refractivity contribution in [1.82, 2.24) is 4.90 Å². The Hall–Kier alpha value is -2.55. The monoisotopic (exact) mass is 379 g/mol. The Bertz CT molecular complexity index is 675. The van der Waals surface area contributed by atoms with E-state index in [2.05, 4.69) is 0 Å². The molecule has 2 saturated heterocycles. The number of anilines is 1. The van der Waals surface area contributed by atoms with Gasteiger partial charge in [-0.3, -0.25) is 10.1 Å². The van der Waals surface area contributed by atoms with E-state index in [0.717, 1.165) is 25.8 Å². The predicted molar refractivity (Wildman–Crippen MR) is 98.4 cm³/mol. The molecule has 3 rings (SSSR count). The van der Waals surface area contributed by atoms with E-state index in [1.807, 2.05) is 4.90 Å². The highest BCUT2D eigenvalue weighted by Gasteiger charge is 2.32. The molecule has 0 N–H and O–H groups in total. The van der Waals surface area contributed by atoms with Crippen molar-refractivity contribution in [2.75, 3.05) is 51.5 Å². The Morgan fingerprint density at radius 3 is 2.70 bits per heavy atom. The summed E-state index contributed by atoms with van der Waals surface area (Å²) < 4.78 is 15.5. The normalized spacial score (nSPS) is 18.3. The molecule has 9 nitrogen and oxygen atoms in total. The van der Waals surface area contributed by atoms with Gasteiger partial charge in [0.1, 0.15) is 18.0 Å². The molecule has 1 aromatic carbocycles. The van der Waals surface area contributed by atoms with Crippen LogP contribution in [0.25, 0.3) is 0 Å². The number of cyclic esters (lactones) is 1. The van der Waals surface area contributed by atoms with Crippen molar-refractivity contribution in [2.24, 2.45) is 0 Å². The van der Waals surface area contributed by atoms with Crippen LogP contribution in [0.2, 0.25) is 0 Å². The lowest BCUT2D eigenvalue weighted by molar-refractivity contribution is -0.384. The number of carbonyl (C=O) groups is 1. The second-order valence-corrected chi connectivity index (χ2v) is 6.63. The zero-order valence-corrected chi connectivity index (χ0v) is 15.5. The Kier molecular flexibility index (Phi) is 6.33. The zero-order valence-electron chi connectivity index (χ0n) is 15.5. The number of piperidine rings is 1. The van der Waals surface area contributed by atoms with Crippen LogP contribution in [0.4, 0.5) is 16.2 Å². The molecule has 0 aliphatic carbocycles. The summed E-state index contributed by atoms with van der Waals surface area (Å²) in [4.78, 5) is 26.9. The van der Waals surface area contributed by atoms with Gasteiger partial charge in [0.15, 0.2) is 0 Å². The van der Waals surface area contributed by atoms with Crippen LogP contribution in [0.5, 0.6) is 5.75 Å². The fourth-order valence-electron chi connectivity index (χ4n) is 3.57. The van der Waals surface area contributed by atoms with Gasteiger partial charge in [0.2, 0.25) is 0 Å². The van der Waals surface area contributed by atoms with Gasteiger partial charge in [-0.25, -0.2) is 4.79 Å². The van der Waals surface area contributed by atoms with Crippen molar-refractivity contribution in [2.45, 2.75) is 25.3 Å². The van der Waals surface area contributed by atoms with Crippen LogP contribution in [-0.4, -0.2) is 68.5 Å². The lowest BCUT2D eigenvalue weighted by atomic mass is 10.0. The van der Waals surface area contributed by atoms with E-state index in [9.17, 15) is 14.9 Å². The maximum atomic E-state index is 11.9. The number of nitrogens with zero attached hydrogens (tertiary/aromatic N) is 3. The number of benzene rings is 1. The minimum Gasteiger partial charge on any atom is -0.491 e. The van der Waals surface area contributed by atoms with Gasteiger partial charge in [-0.05, 0) is 31.4 Å². The highest BCUT2D eigenvalue weighted by atomic mass is 16.6. The molecule has 0 unspecified atom stereocenters. The van der Waals surface area contributed by atoms with Crippen LogP contribution in [0.1, 0.15) is 19.3 Å². The van der Waals surface area contributed by atoms with E-state index in [1.165, 1.54) is 6.07 Å². The molecule has 0 aromatic heterocycles. The van der Waals surface area contributed by atoms with E-state index in [-0.39, 0.29) is 22.7 Å².